The van der Waals surface area contributed by atoms with Gasteiger partial charge in [-0.3, -0.25) is 0 Å². The first kappa shape index (κ1) is 17.9. The molecular weight excluding hydrogens is 391 g/mol. The van der Waals surface area contributed by atoms with E-state index < -0.39 is 6.10 Å². The molecule has 0 aliphatic carbocycles. The molecule has 2 aliphatic heterocycles. The van der Waals surface area contributed by atoms with E-state index in [9.17, 15) is 4.39 Å². The second kappa shape index (κ2) is 6.80. The average Bonchev–Trinajstić information content (AvgIpc) is 3.26. The van der Waals surface area contributed by atoms with E-state index in [4.69, 9.17) is 4.74 Å². The minimum atomic E-state index is -0.475. The Morgan fingerprint density at radius 2 is 1.81 bits per heavy atom. The number of hydrogen-bond acceptors (Lipinski definition) is 4. The van der Waals surface area contributed by atoms with E-state index in [1.165, 1.54) is 17.7 Å². The van der Waals surface area contributed by atoms with Crippen LogP contribution in [0.25, 0.3) is 5.70 Å². The van der Waals surface area contributed by atoms with E-state index in [0.29, 0.717) is 5.95 Å². The molecule has 0 saturated carbocycles. The van der Waals surface area contributed by atoms with Gasteiger partial charge in [-0.2, -0.15) is 10.1 Å². The fourth-order valence-electron chi connectivity index (χ4n) is 4.43. The van der Waals surface area contributed by atoms with Gasteiger partial charge in [0.15, 0.2) is 0 Å². The molecule has 0 amide bonds. The van der Waals surface area contributed by atoms with Crippen molar-refractivity contribution < 1.29 is 9.13 Å². The summed E-state index contributed by atoms with van der Waals surface area (Å²) in [4.78, 5) is 4.43. The van der Waals surface area contributed by atoms with Gasteiger partial charge in [0.2, 0.25) is 5.95 Å². The molecule has 2 atom stereocenters. The summed E-state index contributed by atoms with van der Waals surface area (Å²) in [6.07, 6.45) is 1.07. The van der Waals surface area contributed by atoms with Crippen LogP contribution in [0, 0.1) is 12.7 Å². The summed E-state index contributed by atoms with van der Waals surface area (Å²) in [5.74, 6) is 1.12. The lowest BCUT2D eigenvalue weighted by Gasteiger charge is -2.39. The maximum absolute atomic E-state index is 14.2. The molecule has 0 saturated heterocycles. The molecule has 3 aromatic carbocycles. The number of fused-ring (bicyclic) bond motifs is 3. The quantitative estimate of drug-likeness (QED) is 0.488. The Bertz CT molecular complexity index is 1330. The number of halogens is 1. The van der Waals surface area contributed by atoms with Gasteiger partial charge >= 0.3 is 0 Å². The largest absolute Gasteiger partial charge is 0.480 e. The number of aryl methyl sites for hydroxylation is 1. The molecule has 6 heteroatoms. The average molecular weight is 410 g/mol. The Hall–Kier alpha value is -3.93. The summed E-state index contributed by atoms with van der Waals surface area (Å²) in [6.45, 7) is 2.06. The molecule has 3 heterocycles. The van der Waals surface area contributed by atoms with Crippen LogP contribution in [0.3, 0.4) is 0 Å². The Balaban J connectivity index is 1.63. The normalized spacial score (nSPS) is 19.0. The van der Waals surface area contributed by atoms with Crippen LogP contribution >= 0.6 is 0 Å². The molecule has 2 aliphatic rings. The van der Waals surface area contributed by atoms with Crippen molar-refractivity contribution >= 4 is 11.6 Å². The zero-order valence-electron chi connectivity index (χ0n) is 16.8. The molecule has 0 fully saturated rings. The number of aromatic nitrogens is 3. The highest BCUT2D eigenvalue weighted by atomic mass is 19.1. The Morgan fingerprint density at radius 3 is 2.65 bits per heavy atom. The van der Waals surface area contributed by atoms with Crippen molar-refractivity contribution in [1.29, 1.82) is 0 Å². The van der Waals surface area contributed by atoms with Crippen molar-refractivity contribution in [1.82, 2.24) is 14.8 Å². The van der Waals surface area contributed by atoms with Crippen LogP contribution in [0.4, 0.5) is 10.3 Å². The monoisotopic (exact) mass is 410 g/mol. The number of benzene rings is 3. The SMILES string of the molecule is Cc1ccc([C@H]2C3=C(Nc4ncnn42)c2ccccc2O[C@@H]3c2cccc(F)c2)cc1. The van der Waals surface area contributed by atoms with Crippen LogP contribution in [0.15, 0.2) is 84.7 Å². The lowest BCUT2D eigenvalue weighted by Crippen LogP contribution is -2.32. The van der Waals surface area contributed by atoms with Gasteiger partial charge in [-0.25, -0.2) is 9.07 Å². The second-order valence-electron chi connectivity index (χ2n) is 7.85. The topological polar surface area (TPSA) is 52.0 Å². The third-order valence-corrected chi connectivity index (χ3v) is 5.87. The molecule has 0 spiro atoms. The third kappa shape index (κ3) is 2.83. The van der Waals surface area contributed by atoms with Gasteiger partial charge in [0.25, 0.3) is 0 Å². The molecule has 0 unspecified atom stereocenters. The van der Waals surface area contributed by atoms with E-state index in [-0.39, 0.29) is 11.9 Å². The molecule has 31 heavy (non-hydrogen) atoms. The van der Waals surface area contributed by atoms with Crippen LogP contribution in [0.1, 0.15) is 34.4 Å². The van der Waals surface area contributed by atoms with Gasteiger partial charge in [-0.05, 0) is 42.3 Å². The minimum Gasteiger partial charge on any atom is -0.480 e. The molecule has 4 aromatic rings. The Kier molecular flexibility index (Phi) is 3.93. The molecule has 152 valence electrons. The highest BCUT2D eigenvalue weighted by molar-refractivity contribution is 5.85. The summed E-state index contributed by atoms with van der Waals surface area (Å²) in [6, 6.07) is 22.6. The summed E-state index contributed by atoms with van der Waals surface area (Å²) in [5, 5.41) is 7.96. The molecule has 0 bridgehead atoms. The van der Waals surface area contributed by atoms with Crippen molar-refractivity contribution in [3.8, 4) is 5.75 Å². The number of nitrogens with zero attached hydrogens (tertiary/aromatic N) is 3. The fourth-order valence-corrected chi connectivity index (χ4v) is 4.43. The number of rotatable bonds is 2. The van der Waals surface area contributed by atoms with Crippen LogP contribution in [0.2, 0.25) is 0 Å². The summed E-state index contributed by atoms with van der Waals surface area (Å²) in [5.41, 5.74) is 5.86. The van der Waals surface area contributed by atoms with Crippen molar-refractivity contribution in [2.24, 2.45) is 0 Å². The van der Waals surface area contributed by atoms with Crippen LogP contribution in [-0.2, 0) is 0 Å². The van der Waals surface area contributed by atoms with Crippen molar-refractivity contribution in [3.05, 3.63) is 113 Å². The predicted octanol–water partition coefficient (Wildman–Crippen LogP) is 5.29. The highest BCUT2D eigenvalue weighted by Gasteiger charge is 2.40. The predicted molar refractivity (Wildman–Crippen MR) is 116 cm³/mol. The van der Waals surface area contributed by atoms with Gasteiger partial charge in [-0.15, -0.1) is 0 Å². The number of nitrogens with one attached hydrogen (secondary N) is 1. The van der Waals surface area contributed by atoms with Crippen molar-refractivity contribution in [2.45, 2.75) is 19.1 Å². The fraction of sp³-hybridized carbons (Fsp3) is 0.120. The Morgan fingerprint density at radius 1 is 0.968 bits per heavy atom. The highest BCUT2D eigenvalue weighted by Crippen LogP contribution is 2.50. The van der Waals surface area contributed by atoms with Gasteiger partial charge in [-0.1, -0.05) is 54.1 Å². The van der Waals surface area contributed by atoms with Gasteiger partial charge in [0.1, 0.15) is 30.0 Å². The second-order valence-corrected chi connectivity index (χ2v) is 7.85. The van der Waals surface area contributed by atoms with E-state index in [1.807, 2.05) is 35.0 Å². The maximum atomic E-state index is 14.2. The number of ether oxygens (including phenoxy) is 1. The van der Waals surface area contributed by atoms with E-state index in [1.54, 1.807) is 12.4 Å². The van der Waals surface area contributed by atoms with Gasteiger partial charge in [0, 0.05) is 11.1 Å². The van der Waals surface area contributed by atoms with Crippen LogP contribution in [-0.4, -0.2) is 14.8 Å². The minimum absolute atomic E-state index is 0.240. The molecule has 1 aromatic heterocycles. The Labute approximate surface area is 178 Å². The zero-order chi connectivity index (χ0) is 20.9. The summed E-state index contributed by atoms with van der Waals surface area (Å²) >= 11 is 0. The van der Waals surface area contributed by atoms with E-state index in [0.717, 1.165) is 33.7 Å². The smallest absolute Gasteiger partial charge is 0.226 e. The number of anilines is 1. The number of para-hydroxylation sites is 1. The molecule has 1 N–H and O–H groups in total. The maximum Gasteiger partial charge on any atom is 0.226 e. The standard InChI is InChI=1S/C25H19FN4O/c1-15-9-11-16(12-10-15)23-21-22(29-25-27-14-28-30(23)25)19-7-2-3-8-20(19)31-24(21)17-5-4-6-18(26)13-17/h2-14,23-24H,1H3,(H,27,28,29)/t23-,24+/m0/s1. The number of hydrogen-bond donors (Lipinski definition) is 1. The van der Waals surface area contributed by atoms with Gasteiger partial charge in [0.05, 0.1) is 5.70 Å². The molecule has 5 nitrogen and oxygen atoms in total. The molecular formula is C25H19FN4O. The molecule has 6 rings (SSSR count). The lowest BCUT2D eigenvalue weighted by molar-refractivity contribution is 0.222. The van der Waals surface area contributed by atoms with Crippen LogP contribution in [0.5, 0.6) is 5.75 Å². The third-order valence-electron chi connectivity index (χ3n) is 5.87. The first-order chi connectivity index (χ1) is 15.2. The van der Waals surface area contributed by atoms with E-state index in [2.05, 4.69) is 46.6 Å². The first-order valence-electron chi connectivity index (χ1n) is 10.2. The lowest BCUT2D eigenvalue weighted by atomic mass is 9.84. The van der Waals surface area contributed by atoms with Crippen LogP contribution < -0.4 is 10.1 Å². The van der Waals surface area contributed by atoms with E-state index >= 15 is 0 Å². The summed E-state index contributed by atoms with van der Waals surface area (Å²) < 4.78 is 22.5. The molecule has 0 radical (unpaired) electrons. The first-order valence-corrected chi connectivity index (χ1v) is 10.2. The summed E-state index contributed by atoms with van der Waals surface area (Å²) in [7, 11) is 0. The van der Waals surface area contributed by atoms with Crippen molar-refractivity contribution in [2.75, 3.05) is 5.32 Å². The zero-order valence-corrected chi connectivity index (χ0v) is 16.8. The van der Waals surface area contributed by atoms with Gasteiger partial charge < -0.3 is 10.1 Å². The van der Waals surface area contributed by atoms with Crippen molar-refractivity contribution in [3.63, 3.8) is 0 Å².